The molecule has 156 valence electrons. The van der Waals surface area contributed by atoms with Crippen LogP contribution >= 0.6 is 31.9 Å². The van der Waals surface area contributed by atoms with Crippen LogP contribution in [-0.2, 0) is 4.74 Å². The number of hydrogen-bond donors (Lipinski definition) is 1. The molecule has 0 saturated heterocycles. The molecule has 28 heavy (non-hydrogen) atoms. The van der Waals surface area contributed by atoms with E-state index >= 15 is 0 Å². The quantitative estimate of drug-likeness (QED) is 0.370. The van der Waals surface area contributed by atoms with Gasteiger partial charge in [0.2, 0.25) is 5.88 Å². The van der Waals surface area contributed by atoms with Crippen molar-refractivity contribution in [3.63, 3.8) is 0 Å². The minimum atomic E-state index is -0.537. The molecule has 0 spiro atoms. The van der Waals surface area contributed by atoms with E-state index in [1.54, 1.807) is 20.8 Å². The molecule has 0 aliphatic rings. The first-order chi connectivity index (χ1) is 13.1. The molecule has 1 aromatic heterocycles. The number of aromatic nitrogens is 2. The predicted octanol–water partition coefficient (Wildman–Crippen LogP) is 4.89. The van der Waals surface area contributed by atoms with Crippen molar-refractivity contribution >= 4 is 43.7 Å². The van der Waals surface area contributed by atoms with Crippen LogP contribution in [0.1, 0.15) is 47.0 Å². The molecule has 0 aliphatic carbocycles. The summed E-state index contributed by atoms with van der Waals surface area (Å²) in [6, 6.07) is 0. The molecule has 0 fully saturated rings. The van der Waals surface area contributed by atoms with Crippen LogP contribution in [-0.4, -0.2) is 34.6 Å². The van der Waals surface area contributed by atoms with E-state index in [1.807, 2.05) is 19.1 Å². The number of amides is 1. The molecule has 0 unspecified atom stereocenters. The summed E-state index contributed by atoms with van der Waals surface area (Å²) in [5.41, 5.74) is -0.269. The van der Waals surface area contributed by atoms with Gasteiger partial charge in [0.15, 0.2) is 0 Å². The van der Waals surface area contributed by atoms with E-state index in [1.165, 1.54) is 4.68 Å². The Bertz CT molecular complexity index is 783. The van der Waals surface area contributed by atoms with Crippen molar-refractivity contribution in [3.8, 4) is 5.88 Å². The zero-order valence-corrected chi connectivity index (χ0v) is 19.9. The van der Waals surface area contributed by atoms with Crippen molar-refractivity contribution in [1.82, 2.24) is 15.1 Å². The fraction of sp³-hybridized carbons (Fsp3) is 0.526. The SMILES string of the molecule is C=C(CC/C=C/C)n1nc(OCCCNC(=O)OC(C)(C)C)c(Br)c(Br)c1=O. The lowest BCUT2D eigenvalue weighted by atomic mass is 10.2. The van der Waals surface area contributed by atoms with E-state index in [-0.39, 0.29) is 11.4 Å². The Kier molecular flexibility index (Phi) is 9.95. The van der Waals surface area contributed by atoms with E-state index in [0.717, 1.165) is 6.42 Å². The average molecular weight is 521 g/mol. The maximum absolute atomic E-state index is 12.4. The lowest BCUT2D eigenvalue weighted by molar-refractivity contribution is 0.0525. The molecule has 0 bridgehead atoms. The van der Waals surface area contributed by atoms with E-state index in [9.17, 15) is 9.59 Å². The van der Waals surface area contributed by atoms with Crippen molar-refractivity contribution in [2.75, 3.05) is 13.2 Å². The first kappa shape index (κ1) is 24.4. The number of ether oxygens (including phenoxy) is 2. The van der Waals surface area contributed by atoms with Crippen LogP contribution in [0, 0.1) is 0 Å². The summed E-state index contributed by atoms with van der Waals surface area (Å²) < 4.78 is 12.8. The number of alkyl carbamates (subject to hydrolysis) is 1. The summed E-state index contributed by atoms with van der Waals surface area (Å²) in [7, 11) is 0. The predicted molar refractivity (Wildman–Crippen MR) is 118 cm³/mol. The summed E-state index contributed by atoms with van der Waals surface area (Å²) in [5, 5.41) is 6.92. The molecule has 9 heteroatoms. The number of carbonyl (C=O) groups is 1. The Balaban J connectivity index is 2.67. The molecule has 0 atom stereocenters. The third-order valence-electron chi connectivity index (χ3n) is 3.31. The second-order valence-corrected chi connectivity index (χ2v) is 8.54. The molecule has 1 N–H and O–H groups in total. The fourth-order valence-corrected chi connectivity index (χ4v) is 2.74. The van der Waals surface area contributed by atoms with Crippen LogP contribution < -0.4 is 15.6 Å². The summed E-state index contributed by atoms with van der Waals surface area (Å²) in [4.78, 5) is 24.0. The first-order valence-corrected chi connectivity index (χ1v) is 10.5. The lowest BCUT2D eigenvalue weighted by Gasteiger charge is -2.19. The average Bonchev–Trinajstić information content (AvgIpc) is 2.59. The maximum Gasteiger partial charge on any atom is 0.407 e. The highest BCUT2D eigenvalue weighted by atomic mass is 79.9. The van der Waals surface area contributed by atoms with Gasteiger partial charge in [-0.15, -0.1) is 5.10 Å². The zero-order chi connectivity index (χ0) is 21.3. The highest BCUT2D eigenvalue weighted by Gasteiger charge is 2.17. The summed E-state index contributed by atoms with van der Waals surface area (Å²) >= 11 is 6.60. The van der Waals surface area contributed by atoms with Gasteiger partial charge in [0.05, 0.1) is 6.61 Å². The molecule has 0 aromatic carbocycles. The number of nitrogens with one attached hydrogen (secondary N) is 1. The van der Waals surface area contributed by atoms with Gasteiger partial charge in [0.25, 0.3) is 5.56 Å². The number of allylic oxidation sites excluding steroid dienone is 3. The molecule has 1 aromatic rings. The van der Waals surface area contributed by atoms with E-state index < -0.39 is 11.7 Å². The molecular formula is C19H27Br2N3O4. The minimum Gasteiger partial charge on any atom is -0.476 e. The van der Waals surface area contributed by atoms with Crippen molar-refractivity contribution < 1.29 is 14.3 Å². The van der Waals surface area contributed by atoms with Crippen molar-refractivity contribution in [2.45, 2.75) is 52.6 Å². The normalized spacial score (nSPS) is 11.5. The molecule has 1 rings (SSSR count). The number of hydrogen-bond acceptors (Lipinski definition) is 5. The third-order valence-corrected chi connectivity index (χ3v) is 5.32. The Hall–Kier alpha value is -1.61. The van der Waals surface area contributed by atoms with E-state index in [2.05, 4.69) is 48.9 Å². The van der Waals surface area contributed by atoms with Gasteiger partial charge in [-0.1, -0.05) is 18.7 Å². The van der Waals surface area contributed by atoms with Crippen LogP contribution in [0.25, 0.3) is 5.70 Å². The largest absolute Gasteiger partial charge is 0.476 e. The van der Waals surface area contributed by atoms with Gasteiger partial charge in [-0.3, -0.25) is 4.79 Å². The Labute approximate surface area is 182 Å². The van der Waals surface area contributed by atoms with Gasteiger partial charge in [-0.05, 0) is 78.8 Å². The van der Waals surface area contributed by atoms with Crippen LogP contribution in [0.15, 0.2) is 32.5 Å². The number of rotatable bonds is 9. The number of nitrogens with zero attached hydrogens (tertiary/aromatic N) is 2. The lowest BCUT2D eigenvalue weighted by Crippen LogP contribution is -2.33. The monoisotopic (exact) mass is 519 g/mol. The van der Waals surface area contributed by atoms with Gasteiger partial charge < -0.3 is 14.8 Å². The highest BCUT2D eigenvalue weighted by molar-refractivity contribution is 9.13. The van der Waals surface area contributed by atoms with Gasteiger partial charge in [-0.25, -0.2) is 4.79 Å². The molecule has 1 amide bonds. The van der Waals surface area contributed by atoms with Gasteiger partial charge >= 0.3 is 6.09 Å². The summed E-state index contributed by atoms with van der Waals surface area (Å²) in [5.74, 6) is 0.274. The Morgan fingerprint density at radius 2 is 2.00 bits per heavy atom. The smallest absolute Gasteiger partial charge is 0.407 e. The highest BCUT2D eigenvalue weighted by Crippen LogP contribution is 2.28. The van der Waals surface area contributed by atoms with Crippen molar-refractivity contribution in [1.29, 1.82) is 0 Å². The van der Waals surface area contributed by atoms with Crippen LogP contribution in [0.4, 0.5) is 4.79 Å². The maximum atomic E-state index is 12.4. The third kappa shape index (κ3) is 8.18. The summed E-state index contributed by atoms with van der Waals surface area (Å²) in [6.07, 6.45) is 5.39. The second-order valence-electron chi connectivity index (χ2n) is 6.95. The van der Waals surface area contributed by atoms with Gasteiger partial charge in [0, 0.05) is 12.2 Å². The van der Waals surface area contributed by atoms with Crippen LogP contribution in [0.5, 0.6) is 5.88 Å². The van der Waals surface area contributed by atoms with Gasteiger partial charge in [0.1, 0.15) is 14.5 Å². The topological polar surface area (TPSA) is 82.4 Å². The second kappa shape index (κ2) is 11.4. The van der Waals surface area contributed by atoms with E-state index in [4.69, 9.17) is 9.47 Å². The standard InChI is InChI=1S/C19H27Br2N3O4/c1-6-7-8-10-13(2)24-17(25)15(21)14(20)16(23-24)27-12-9-11-22-18(26)28-19(3,4)5/h6-7H,2,8-12H2,1,3-5H3,(H,22,26)/b7-6+. The molecule has 0 radical (unpaired) electrons. The van der Waals surface area contributed by atoms with Crippen LogP contribution in [0.3, 0.4) is 0 Å². The van der Waals surface area contributed by atoms with Crippen molar-refractivity contribution in [2.24, 2.45) is 0 Å². The minimum absolute atomic E-state index is 0.274. The molecule has 0 saturated carbocycles. The molecular weight excluding hydrogens is 494 g/mol. The van der Waals surface area contributed by atoms with E-state index in [0.29, 0.717) is 40.6 Å². The molecule has 1 heterocycles. The molecule has 7 nitrogen and oxygen atoms in total. The zero-order valence-electron chi connectivity index (χ0n) is 16.7. The van der Waals surface area contributed by atoms with Crippen molar-refractivity contribution in [3.05, 3.63) is 38.0 Å². The molecule has 0 aliphatic heterocycles. The number of halogens is 2. The number of carbonyl (C=O) groups excluding carboxylic acids is 1. The van der Waals surface area contributed by atoms with Gasteiger partial charge in [-0.2, -0.15) is 4.68 Å². The summed E-state index contributed by atoms with van der Waals surface area (Å²) in [6.45, 7) is 12.0. The Morgan fingerprint density at radius 1 is 1.32 bits per heavy atom. The Morgan fingerprint density at radius 3 is 2.61 bits per heavy atom. The fourth-order valence-electron chi connectivity index (χ4n) is 2.04. The van der Waals surface area contributed by atoms with Crippen LogP contribution in [0.2, 0.25) is 0 Å². The first-order valence-electron chi connectivity index (χ1n) is 8.94.